The second kappa shape index (κ2) is 6.46. The van der Waals surface area contributed by atoms with Crippen LogP contribution in [0.3, 0.4) is 0 Å². The molecule has 1 heterocycles. The molecule has 25 heavy (non-hydrogen) atoms. The maximum atomic E-state index is 12.2. The molecular formula is C18H22N2O5. The molecule has 0 bridgehead atoms. The summed E-state index contributed by atoms with van der Waals surface area (Å²) < 4.78 is 5.77. The van der Waals surface area contributed by atoms with E-state index in [9.17, 15) is 19.7 Å². The maximum Gasteiger partial charge on any atom is 0.273 e. The molecule has 0 radical (unpaired) electrons. The molecule has 1 aliphatic heterocycles. The quantitative estimate of drug-likeness (QED) is 0.473. The van der Waals surface area contributed by atoms with E-state index in [1.54, 1.807) is 6.07 Å². The number of carbonyl (C=O) groups excluding carboxylic acids is 2. The fourth-order valence-corrected chi connectivity index (χ4v) is 3.77. The number of non-ortho nitro benzene ring substituents is 1. The van der Waals surface area contributed by atoms with Gasteiger partial charge in [0.2, 0.25) is 0 Å². The highest BCUT2D eigenvalue weighted by Crippen LogP contribution is 2.43. The highest BCUT2D eigenvalue weighted by molar-refractivity contribution is 6.13. The molecule has 2 aliphatic rings. The van der Waals surface area contributed by atoms with Gasteiger partial charge in [0.25, 0.3) is 5.69 Å². The largest absolute Gasteiger partial charge is 0.489 e. The van der Waals surface area contributed by atoms with Gasteiger partial charge >= 0.3 is 0 Å². The standard InChI is InChI=1S/C18H22N2O5/c1-12(2)25-15-11-13(20(23)24)3-4-14(15)19-9-7-18(8-10-19)16(21)5-6-17(18)22/h3-4,11-12H,5-10H2,1-2H3. The number of nitrogens with zero attached hydrogens (tertiary/aromatic N) is 2. The van der Waals surface area contributed by atoms with Crippen molar-refractivity contribution in [3.05, 3.63) is 28.3 Å². The number of carbonyl (C=O) groups is 2. The Morgan fingerprint density at radius 3 is 2.28 bits per heavy atom. The number of nitro benzene ring substituents is 1. The van der Waals surface area contributed by atoms with Gasteiger partial charge in [-0.15, -0.1) is 0 Å². The van der Waals surface area contributed by atoms with Crippen LogP contribution < -0.4 is 9.64 Å². The van der Waals surface area contributed by atoms with Crippen molar-refractivity contribution >= 4 is 22.9 Å². The van der Waals surface area contributed by atoms with E-state index in [4.69, 9.17) is 4.74 Å². The van der Waals surface area contributed by atoms with Crippen molar-refractivity contribution in [3.8, 4) is 5.75 Å². The van der Waals surface area contributed by atoms with Gasteiger partial charge in [-0.25, -0.2) is 0 Å². The Hall–Kier alpha value is -2.44. The number of hydrogen-bond acceptors (Lipinski definition) is 6. The van der Waals surface area contributed by atoms with Crippen LogP contribution in [0.25, 0.3) is 0 Å². The van der Waals surface area contributed by atoms with E-state index in [0.717, 1.165) is 5.69 Å². The van der Waals surface area contributed by atoms with Crippen molar-refractivity contribution < 1.29 is 19.2 Å². The van der Waals surface area contributed by atoms with Gasteiger partial charge in [0, 0.05) is 32.0 Å². The first-order chi connectivity index (χ1) is 11.8. The molecule has 1 aromatic rings. The summed E-state index contributed by atoms with van der Waals surface area (Å²) >= 11 is 0. The van der Waals surface area contributed by atoms with Crippen LogP contribution in [-0.2, 0) is 9.59 Å². The second-order valence-electron chi connectivity index (χ2n) is 6.99. The molecule has 0 N–H and O–H groups in total. The van der Waals surface area contributed by atoms with Crippen LogP contribution in [0.4, 0.5) is 11.4 Å². The monoisotopic (exact) mass is 346 g/mol. The van der Waals surface area contributed by atoms with E-state index in [-0.39, 0.29) is 23.4 Å². The average molecular weight is 346 g/mol. The molecule has 0 unspecified atom stereocenters. The summed E-state index contributed by atoms with van der Waals surface area (Å²) in [6, 6.07) is 4.58. The molecule has 2 fully saturated rings. The Morgan fingerprint density at radius 2 is 1.76 bits per heavy atom. The first-order valence-electron chi connectivity index (χ1n) is 8.60. The fourth-order valence-electron chi connectivity index (χ4n) is 3.77. The lowest BCUT2D eigenvalue weighted by atomic mass is 9.75. The molecular weight excluding hydrogens is 324 g/mol. The van der Waals surface area contributed by atoms with E-state index >= 15 is 0 Å². The van der Waals surface area contributed by atoms with Crippen molar-refractivity contribution in [2.24, 2.45) is 5.41 Å². The molecule has 0 atom stereocenters. The number of ketones is 2. The Kier molecular flexibility index (Phi) is 4.49. The van der Waals surface area contributed by atoms with Crippen molar-refractivity contribution in [1.29, 1.82) is 0 Å². The molecule has 1 spiro atoms. The van der Waals surface area contributed by atoms with Crippen LogP contribution in [0.15, 0.2) is 18.2 Å². The van der Waals surface area contributed by atoms with Crippen molar-refractivity contribution in [2.45, 2.75) is 45.6 Å². The molecule has 1 aliphatic carbocycles. The first kappa shape index (κ1) is 17.4. The Bertz CT molecular complexity index is 702. The zero-order valence-electron chi connectivity index (χ0n) is 14.5. The topological polar surface area (TPSA) is 89.8 Å². The number of ether oxygens (including phenoxy) is 1. The van der Waals surface area contributed by atoms with E-state index < -0.39 is 10.3 Å². The normalized spacial score (nSPS) is 19.7. The highest BCUT2D eigenvalue weighted by Gasteiger charge is 2.50. The molecule has 1 saturated carbocycles. The minimum Gasteiger partial charge on any atom is -0.489 e. The molecule has 0 aromatic heterocycles. The van der Waals surface area contributed by atoms with Crippen molar-refractivity contribution in [3.63, 3.8) is 0 Å². The molecule has 3 rings (SSSR count). The molecule has 134 valence electrons. The van der Waals surface area contributed by atoms with Crippen molar-refractivity contribution in [1.82, 2.24) is 0 Å². The fraction of sp³-hybridized carbons (Fsp3) is 0.556. The number of hydrogen-bond donors (Lipinski definition) is 0. The van der Waals surface area contributed by atoms with Crippen LogP contribution >= 0.6 is 0 Å². The number of nitro groups is 1. The number of rotatable bonds is 4. The highest BCUT2D eigenvalue weighted by atomic mass is 16.6. The smallest absolute Gasteiger partial charge is 0.273 e. The van der Waals surface area contributed by atoms with Crippen LogP contribution in [0.2, 0.25) is 0 Å². The molecule has 1 saturated heterocycles. The molecule has 0 amide bonds. The Labute approximate surface area is 146 Å². The third-order valence-corrected chi connectivity index (χ3v) is 5.12. The summed E-state index contributed by atoms with van der Waals surface area (Å²) in [6.45, 7) is 4.85. The average Bonchev–Trinajstić information content (AvgIpc) is 2.84. The van der Waals surface area contributed by atoms with Crippen LogP contribution in [0.1, 0.15) is 39.5 Å². The Balaban J connectivity index is 1.84. The van der Waals surface area contributed by atoms with Crippen LogP contribution in [0.5, 0.6) is 5.75 Å². The van der Waals surface area contributed by atoms with E-state index in [2.05, 4.69) is 0 Å². The number of benzene rings is 1. The summed E-state index contributed by atoms with van der Waals surface area (Å²) in [4.78, 5) is 37.0. The van der Waals surface area contributed by atoms with E-state index in [0.29, 0.717) is 44.5 Å². The summed E-state index contributed by atoms with van der Waals surface area (Å²) in [5, 5.41) is 11.0. The minimum atomic E-state index is -0.795. The van der Waals surface area contributed by atoms with Crippen molar-refractivity contribution in [2.75, 3.05) is 18.0 Å². The summed E-state index contributed by atoms with van der Waals surface area (Å²) in [7, 11) is 0. The predicted octanol–water partition coefficient (Wildman–Crippen LogP) is 2.90. The van der Waals surface area contributed by atoms with Gasteiger partial charge in [0.05, 0.1) is 28.2 Å². The summed E-state index contributed by atoms with van der Waals surface area (Å²) in [5.74, 6) is 0.600. The summed E-state index contributed by atoms with van der Waals surface area (Å²) in [6.07, 6.45) is 1.61. The first-order valence-corrected chi connectivity index (χ1v) is 8.60. The lowest BCUT2D eigenvalue weighted by Crippen LogP contribution is -2.45. The van der Waals surface area contributed by atoms with Gasteiger partial charge in [-0.3, -0.25) is 19.7 Å². The van der Waals surface area contributed by atoms with Gasteiger partial charge in [0.1, 0.15) is 17.3 Å². The number of piperidine rings is 1. The number of Topliss-reactive ketones (excluding diaryl/α,β-unsaturated/α-hetero) is 2. The SMILES string of the molecule is CC(C)Oc1cc([N+](=O)[O-])ccc1N1CCC2(CC1)C(=O)CCC2=O. The second-order valence-corrected chi connectivity index (χ2v) is 6.99. The molecule has 7 heteroatoms. The van der Waals surface area contributed by atoms with Gasteiger partial charge in [-0.1, -0.05) is 0 Å². The van der Waals surface area contributed by atoms with Crippen LogP contribution in [-0.4, -0.2) is 35.7 Å². The molecule has 7 nitrogen and oxygen atoms in total. The lowest BCUT2D eigenvalue weighted by molar-refractivity contribution is -0.384. The third kappa shape index (κ3) is 3.10. The van der Waals surface area contributed by atoms with E-state index in [1.807, 2.05) is 18.7 Å². The van der Waals surface area contributed by atoms with Gasteiger partial charge < -0.3 is 9.64 Å². The molecule has 1 aromatic carbocycles. The zero-order chi connectivity index (χ0) is 18.2. The van der Waals surface area contributed by atoms with Gasteiger partial charge in [0.15, 0.2) is 0 Å². The maximum absolute atomic E-state index is 12.2. The zero-order valence-corrected chi connectivity index (χ0v) is 14.5. The summed E-state index contributed by atoms with van der Waals surface area (Å²) in [5.41, 5.74) is -0.0443. The van der Waals surface area contributed by atoms with Gasteiger partial charge in [-0.2, -0.15) is 0 Å². The third-order valence-electron chi connectivity index (χ3n) is 5.12. The minimum absolute atomic E-state index is 0.0194. The Morgan fingerprint density at radius 1 is 1.16 bits per heavy atom. The van der Waals surface area contributed by atoms with E-state index in [1.165, 1.54) is 12.1 Å². The van der Waals surface area contributed by atoms with Crippen LogP contribution in [0, 0.1) is 15.5 Å². The number of anilines is 1. The van der Waals surface area contributed by atoms with Gasteiger partial charge in [-0.05, 0) is 32.8 Å². The lowest BCUT2D eigenvalue weighted by Gasteiger charge is -2.38. The predicted molar refractivity (Wildman–Crippen MR) is 92.0 cm³/mol.